The summed E-state index contributed by atoms with van der Waals surface area (Å²) >= 11 is 0.770. The van der Waals surface area contributed by atoms with Gasteiger partial charge in [-0.3, -0.25) is 4.72 Å². The molecule has 0 amide bonds. The summed E-state index contributed by atoms with van der Waals surface area (Å²) in [6.07, 6.45) is 0. The number of carbonyl (C=O) groups excluding carboxylic acids is 1. The molecule has 2 aromatic rings. The maximum Gasteiger partial charge on any atom is 0.377 e. The number of aryl methyl sites for hydroxylation is 2. The maximum absolute atomic E-state index is 12.2. The van der Waals surface area contributed by atoms with Crippen molar-refractivity contribution in [3.05, 3.63) is 35.2 Å². The second-order valence-corrected chi connectivity index (χ2v) is 6.70. The van der Waals surface area contributed by atoms with Crippen molar-refractivity contribution in [1.82, 2.24) is 9.36 Å². The highest BCUT2D eigenvalue weighted by Crippen LogP contribution is 2.20. The van der Waals surface area contributed by atoms with Crippen LogP contribution in [0.15, 0.2) is 23.1 Å². The maximum atomic E-state index is 12.2. The summed E-state index contributed by atoms with van der Waals surface area (Å²) in [6, 6.07) is 4.80. The Bertz CT molecular complexity index is 784. The first-order valence-electron chi connectivity index (χ1n) is 5.85. The highest BCUT2D eigenvalue weighted by atomic mass is 32.2. The lowest BCUT2D eigenvalue weighted by atomic mass is 10.1. The number of esters is 1. The van der Waals surface area contributed by atoms with Gasteiger partial charge in [-0.2, -0.15) is 9.36 Å². The van der Waals surface area contributed by atoms with Crippen LogP contribution in [0.3, 0.4) is 0 Å². The van der Waals surface area contributed by atoms with Crippen molar-refractivity contribution in [3.63, 3.8) is 0 Å². The van der Waals surface area contributed by atoms with Crippen molar-refractivity contribution in [2.75, 3.05) is 11.8 Å². The van der Waals surface area contributed by atoms with Gasteiger partial charge in [0.05, 0.1) is 12.0 Å². The number of benzene rings is 1. The van der Waals surface area contributed by atoms with Crippen molar-refractivity contribution in [3.8, 4) is 0 Å². The minimum absolute atomic E-state index is 0.00799. The molecule has 0 aliphatic carbocycles. The number of methoxy groups -OCH3 is 1. The van der Waals surface area contributed by atoms with E-state index in [0.717, 1.165) is 22.7 Å². The predicted octanol–water partition coefficient (Wildman–Crippen LogP) is 1.74. The molecule has 0 unspecified atom stereocenters. The number of hydrogen-bond acceptors (Lipinski definition) is 7. The van der Waals surface area contributed by atoms with Crippen LogP contribution in [0.4, 0.5) is 5.13 Å². The van der Waals surface area contributed by atoms with E-state index in [1.807, 2.05) is 13.8 Å². The third-order valence-electron chi connectivity index (χ3n) is 2.80. The largest absolute Gasteiger partial charge is 0.463 e. The van der Waals surface area contributed by atoms with E-state index in [1.54, 1.807) is 12.1 Å². The van der Waals surface area contributed by atoms with Crippen LogP contribution in [0.1, 0.15) is 21.7 Å². The van der Waals surface area contributed by atoms with Gasteiger partial charge in [0.2, 0.25) is 5.13 Å². The second-order valence-electron chi connectivity index (χ2n) is 4.27. The van der Waals surface area contributed by atoms with E-state index in [2.05, 4.69) is 18.8 Å². The molecule has 21 heavy (non-hydrogen) atoms. The lowest BCUT2D eigenvalue weighted by molar-refractivity contribution is 0.0588. The fourth-order valence-electron chi connectivity index (χ4n) is 1.49. The van der Waals surface area contributed by atoms with Crippen LogP contribution in [0.25, 0.3) is 0 Å². The molecule has 0 aliphatic heterocycles. The molecule has 1 N–H and O–H groups in total. The van der Waals surface area contributed by atoms with E-state index in [0.29, 0.717) is 0 Å². The zero-order chi connectivity index (χ0) is 15.6. The smallest absolute Gasteiger partial charge is 0.377 e. The summed E-state index contributed by atoms with van der Waals surface area (Å²) in [4.78, 5) is 15.1. The predicted molar refractivity (Wildman–Crippen MR) is 78.0 cm³/mol. The number of aromatic nitrogens is 2. The molecule has 2 rings (SSSR count). The summed E-state index contributed by atoms with van der Waals surface area (Å²) in [5.74, 6) is -0.900. The van der Waals surface area contributed by atoms with Crippen molar-refractivity contribution < 1.29 is 17.9 Å². The van der Waals surface area contributed by atoms with Gasteiger partial charge < -0.3 is 4.74 Å². The molecular weight excluding hydrogens is 314 g/mol. The number of anilines is 1. The van der Waals surface area contributed by atoms with Gasteiger partial charge in [0.1, 0.15) is 0 Å². The third-order valence-corrected chi connectivity index (χ3v) is 4.90. The Balaban J connectivity index is 2.26. The molecule has 0 saturated heterocycles. The standard InChI is InChI=1S/C12H13N3O4S2/c1-7-4-5-9(6-8(7)2)21(17,18)15-12-13-10(14-20-12)11(16)19-3/h4-6H,1-3H3,(H,13,14,15). The Hall–Kier alpha value is -2.00. The molecule has 0 aliphatic rings. The summed E-state index contributed by atoms with van der Waals surface area (Å²) in [5, 5.41) is 0.00799. The van der Waals surface area contributed by atoms with Gasteiger partial charge in [-0.25, -0.2) is 13.2 Å². The molecule has 1 aromatic heterocycles. The summed E-state index contributed by atoms with van der Waals surface area (Å²) < 4.78 is 34.9. The molecule has 0 saturated carbocycles. The van der Waals surface area contributed by atoms with Crippen molar-refractivity contribution in [2.24, 2.45) is 0 Å². The topological polar surface area (TPSA) is 98.2 Å². The Morgan fingerprint density at radius 3 is 2.62 bits per heavy atom. The van der Waals surface area contributed by atoms with Crippen LogP contribution >= 0.6 is 11.5 Å². The Kier molecular flexibility index (Phi) is 4.24. The van der Waals surface area contributed by atoms with E-state index in [9.17, 15) is 13.2 Å². The van der Waals surface area contributed by atoms with Gasteiger partial charge in [0.25, 0.3) is 15.8 Å². The fraction of sp³-hybridized carbons (Fsp3) is 0.250. The van der Waals surface area contributed by atoms with Crippen LogP contribution in [-0.4, -0.2) is 30.9 Å². The van der Waals surface area contributed by atoms with Gasteiger partial charge in [-0.05, 0) is 37.1 Å². The number of sulfonamides is 1. The monoisotopic (exact) mass is 327 g/mol. The van der Waals surface area contributed by atoms with Crippen molar-refractivity contribution in [1.29, 1.82) is 0 Å². The van der Waals surface area contributed by atoms with Gasteiger partial charge in [0.15, 0.2) is 0 Å². The molecular formula is C12H13N3O4S2. The quantitative estimate of drug-likeness (QED) is 0.859. The first-order valence-corrected chi connectivity index (χ1v) is 8.11. The Labute approximate surface area is 126 Å². The van der Waals surface area contributed by atoms with E-state index < -0.39 is 16.0 Å². The Morgan fingerprint density at radius 2 is 2.00 bits per heavy atom. The highest BCUT2D eigenvalue weighted by molar-refractivity contribution is 7.93. The van der Waals surface area contributed by atoms with E-state index in [4.69, 9.17) is 0 Å². The average Bonchev–Trinajstić information content (AvgIpc) is 2.88. The first-order chi connectivity index (χ1) is 9.83. The molecule has 0 bridgehead atoms. The van der Waals surface area contributed by atoms with Crippen molar-refractivity contribution in [2.45, 2.75) is 18.7 Å². The van der Waals surface area contributed by atoms with Gasteiger partial charge in [-0.15, -0.1) is 0 Å². The second kappa shape index (κ2) is 5.78. The molecule has 0 spiro atoms. The van der Waals surface area contributed by atoms with E-state index >= 15 is 0 Å². The Morgan fingerprint density at radius 1 is 1.29 bits per heavy atom. The number of ether oxygens (including phenoxy) is 1. The molecule has 9 heteroatoms. The number of nitrogens with zero attached hydrogens (tertiary/aromatic N) is 2. The van der Waals surface area contributed by atoms with Crippen LogP contribution in [0.5, 0.6) is 0 Å². The minimum atomic E-state index is -3.77. The van der Waals surface area contributed by atoms with Gasteiger partial charge in [-0.1, -0.05) is 6.07 Å². The van der Waals surface area contributed by atoms with Crippen LogP contribution in [-0.2, 0) is 14.8 Å². The average molecular weight is 327 g/mol. The van der Waals surface area contributed by atoms with Gasteiger partial charge >= 0.3 is 5.97 Å². The highest BCUT2D eigenvalue weighted by Gasteiger charge is 2.19. The number of hydrogen-bond donors (Lipinski definition) is 1. The summed E-state index contributed by atoms with van der Waals surface area (Å²) in [7, 11) is -2.57. The molecule has 1 aromatic carbocycles. The molecule has 1 heterocycles. The minimum Gasteiger partial charge on any atom is -0.463 e. The zero-order valence-corrected chi connectivity index (χ0v) is 13.2. The lowest BCUT2D eigenvalue weighted by Crippen LogP contribution is -2.13. The summed E-state index contributed by atoms with van der Waals surface area (Å²) in [6.45, 7) is 3.72. The third kappa shape index (κ3) is 3.37. The molecule has 0 atom stereocenters. The molecule has 112 valence electrons. The van der Waals surface area contributed by atoms with E-state index in [1.165, 1.54) is 13.2 Å². The van der Waals surface area contributed by atoms with Crippen molar-refractivity contribution >= 4 is 32.7 Å². The molecule has 7 nitrogen and oxygen atoms in total. The van der Waals surface area contributed by atoms with Crippen LogP contribution in [0, 0.1) is 13.8 Å². The number of nitrogens with one attached hydrogen (secondary N) is 1. The SMILES string of the molecule is COC(=O)c1nsc(NS(=O)(=O)c2ccc(C)c(C)c2)n1. The van der Waals surface area contributed by atoms with Crippen LogP contribution < -0.4 is 4.72 Å². The normalized spacial score (nSPS) is 11.2. The first kappa shape index (κ1) is 15.4. The molecule has 0 radical (unpaired) electrons. The van der Waals surface area contributed by atoms with Crippen LogP contribution in [0.2, 0.25) is 0 Å². The zero-order valence-electron chi connectivity index (χ0n) is 11.6. The lowest BCUT2D eigenvalue weighted by Gasteiger charge is -2.07. The fourth-order valence-corrected chi connectivity index (χ4v) is 3.36. The molecule has 0 fully saturated rings. The number of carbonyl (C=O) groups is 1. The summed E-state index contributed by atoms with van der Waals surface area (Å²) in [5.41, 5.74) is 1.86. The number of rotatable bonds is 4. The van der Waals surface area contributed by atoms with E-state index in [-0.39, 0.29) is 15.9 Å². The van der Waals surface area contributed by atoms with Gasteiger partial charge in [0, 0.05) is 11.5 Å².